The molecule has 0 amide bonds. The predicted octanol–water partition coefficient (Wildman–Crippen LogP) is 0.455. The molecule has 1 aromatic heterocycles. The van der Waals surface area contributed by atoms with Gasteiger partial charge in [0, 0.05) is 11.2 Å². The van der Waals surface area contributed by atoms with Crippen LogP contribution in [-0.2, 0) is 15.9 Å². The molecule has 3 N–H and O–H groups in total. The summed E-state index contributed by atoms with van der Waals surface area (Å²) in [6, 6.07) is 1.74. The summed E-state index contributed by atoms with van der Waals surface area (Å²) in [6.07, 6.45) is 1.51. The molecule has 1 fully saturated rings. The fourth-order valence-electron chi connectivity index (χ4n) is 1.83. The highest BCUT2D eigenvalue weighted by Crippen LogP contribution is 2.36. The molecule has 2 heterocycles. The van der Waals surface area contributed by atoms with Crippen LogP contribution < -0.4 is 11.2 Å². The number of nitrogens with two attached hydrogens (primary N) is 1. The third-order valence-electron chi connectivity index (χ3n) is 3.68. The van der Waals surface area contributed by atoms with Gasteiger partial charge in [-0.3, -0.25) is 4.98 Å². The fourth-order valence-corrected chi connectivity index (χ4v) is 1.83. The van der Waals surface area contributed by atoms with Gasteiger partial charge in [0.25, 0.3) is 0 Å². The van der Waals surface area contributed by atoms with Gasteiger partial charge in [-0.25, -0.2) is 0 Å². The molecule has 1 aliphatic heterocycles. The molecule has 0 aromatic carbocycles. The van der Waals surface area contributed by atoms with E-state index < -0.39 is 18.3 Å². The first-order valence-corrected chi connectivity index (χ1v) is 5.97. The van der Waals surface area contributed by atoms with Crippen LogP contribution in [0.3, 0.4) is 0 Å². The van der Waals surface area contributed by atoms with E-state index >= 15 is 0 Å². The topological polar surface area (TPSA) is 77.6 Å². The average Bonchev–Trinajstić information content (AvgIpc) is 2.48. The Morgan fingerprint density at radius 1 is 1.28 bits per heavy atom. The third-order valence-corrected chi connectivity index (χ3v) is 3.68. The lowest BCUT2D eigenvalue weighted by Gasteiger charge is -2.32. The maximum Gasteiger partial charge on any atom is 0.496 e. The highest BCUT2D eigenvalue weighted by molar-refractivity contribution is 6.62. The maximum absolute atomic E-state index is 9.32. The Balaban J connectivity index is 2.37. The lowest BCUT2D eigenvalue weighted by Crippen LogP contribution is -2.41. The number of pyridine rings is 1. The Morgan fingerprint density at radius 2 is 1.83 bits per heavy atom. The van der Waals surface area contributed by atoms with E-state index in [2.05, 4.69) is 4.98 Å². The van der Waals surface area contributed by atoms with Crippen molar-refractivity contribution in [1.29, 1.82) is 0 Å². The van der Waals surface area contributed by atoms with E-state index in [1.165, 1.54) is 6.20 Å². The van der Waals surface area contributed by atoms with Crippen LogP contribution in [0.25, 0.3) is 0 Å². The Bertz CT molecular complexity index is 447. The molecule has 5 nitrogen and oxygen atoms in total. The normalized spacial score (nSPS) is 21.3. The molecule has 98 valence electrons. The van der Waals surface area contributed by atoms with E-state index in [4.69, 9.17) is 15.0 Å². The molecule has 18 heavy (non-hydrogen) atoms. The molecule has 1 aliphatic rings. The van der Waals surface area contributed by atoms with Gasteiger partial charge >= 0.3 is 7.12 Å². The Labute approximate surface area is 107 Å². The van der Waals surface area contributed by atoms with Crippen molar-refractivity contribution in [2.75, 3.05) is 5.73 Å². The minimum Gasteiger partial charge on any atom is -0.399 e. The molecule has 0 unspecified atom stereocenters. The minimum atomic E-state index is -0.548. The minimum absolute atomic E-state index is 0.167. The molecule has 0 aliphatic carbocycles. The van der Waals surface area contributed by atoms with Crippen LogP contribution in [-0.4, -0.2) is 28.4 Å². The first-order valence-electron chi connectivity index (χ1n) is 5.97. The van der Waals surface area contributed by atoms with E-state index in [1.54, 1.807) is 6.07 Å². The second-order valence-corrected chi connectivity index (χ2v) is 5.55. The van der Waals surface area contributed by atoms with Crippen molar-refractivity contribution < 1.29 is 14.4 Å². The Morgan fingerprint density at radius 3 is 2.33 bits per heavy atom. The van der Waals surface area contributed by atoms with Crippen molar-refractivity contribution in [2.24, 2.45) is 0 Å². The van der Waals surface area contributed by atoms with Crippen molar-refractivity contribution in [3.8, 4) is 0 Å². The molecule has 1 saturated heterocycles. The smallest absolute Gasteiger partial charge is 0.399 e. The summed E-state index contributed by atoms with van der Waals surface area (Å²) in [5.41, 5.74) is 6.63. The summed E-state index contributed by atoms with van der Waals surface area (Å²) in [7, 11) is -0.548. The van der Waals surface area contributed by atoms with Crippen LogP contribution in [0.4, 0.5) is 5.69 Å². The highest BCUT2D eigenvalue weighted by Gasteiger charge is 2.52. The zero-order valence-corrected chi connectivity index (χ0v) is 11.2. The van der Waals surface area contributed by atoms with Gasteiger partial charge in [0.05, 0.1) is 29.7 Å². The van der Waals surface area contributed by atoms with Crippen LogP contribution >= 0.6 is 0 Å². The van der Waals surface area contributed by atoms with Crippen LogP contribution in [0.15, 0.2) is 12.3 Å². The van der Waals surface area contributed by atoms with E-state index in [9.17, 15) is 5.11 Å². The van der Waals surface area contributed by atoms with Gasteiger partial charge in [0.2, 0.25) is 0 Å². The first-order chi connectivity index (χ1) is 8.27. The largest absolute Gasteiger partial charge is 0.496 e. The standard InChI is InChI=1S/C12H19BN2O3/c1-11(2)12(3,4)18-13(17-11)9-5-8(14)6-15-10(9)7-16/h5-6,16H,7,14H2,1-4H3. The number of aliphatic hydroxyl groups excluding tert-OH is 1. The second-order valence-electron chi connectivity index (χ2n) is 5.55. The molecular weight excluding hydrogens is 231 g/mol. The Hall–Kier alpha value is -1.11. The van der Waals surface area contributed by atoms with E-state index in [0.717, 1.165) is 0 Å². The van der Waals surface area contributed by atoms with Gasteiger partial charge < -0.3 is 20.1 Å². The molecule has 1 aromatic rings. The van der Waals surface area contributed by atoms with Gasteiger partial charge in [-0.2, -0.15) is 0 Å². The van der Waals surface area contributed by atoms with Crippen molar-refractivity contribution in [1.82, 2.24) is 4.98 Å². The molecule has 2 rings (SSSR count). The summed E-state index contributed by atoms with van der Waals surface area (Å²) < 4.78 is 11.8. The lowest BCUT2D eigenvalue weighted by atomic mass is 9.77. The molecule has 0 saturated carbocycles. The summed E-state index contributed by atoms with van der Waals surface area (Å²) in [6.45, 7) is 7.74. The molecule has 6 heteroatoms. The van der Waals surface area contributed by atoms with E-state index in [0.29, 0.717) is 16.8 Å². The molecule has 0 bridgehead atoms. The SMILES string of the molecule is CC1(C)OB(c2cc(N)cnc2CO)OC1(C)C. The number of anilines is 1. The van der Waals surface area contributed by atoms with Crippen LogP contribution in [0.5, 0.6) is 0 Å². The van der Waals surface area contributed by atoms with E-state index in [-0.39, 0.29) is 6.61 Å². The number of aliphatic hydroxyl groups is 1. The summed E-state index contributed by atoms with van der Waals surface area (Å²) in [4.78, 5) is 4.10. The summed E-state index contributed by atoms with van der Waals surface area (Å²) >= 11 is 0. The zero-order chi connectivity index (χ0) is 13.6. The summed E-state index contributed by atoms with van der Waals surface area (Å²) in [5.74, 6) is 0. The number of nitrogens with zero attached hydrogens (tertiary/aromatic N) is 1. The van der Waals surface area contributed by atoms with Gasteiger partial charge in [0.15, 0.2) is 0 Å². The lowest BCUT2D eigenvalue weighted by molar-refractivity contribution is 0.00578. The van der Waals surface area contributed by atoms with Gasteiger partial charge in [-0.1, -0.05) is 0 Å². The van der Waals surface area contributed by atoms with Crippen molar-refractivity contribution in [3.05, 3.63) is 18.0 Å². The number of nitrogen functional groups attached to an aromatic ring is 1. The Kier molecular flexibility index (Phi) is 3.13. The quantitative estimate of drug-likeness (QED) is 0.745. The number of rotatable bonds is 2. The second kappa shape index (κ2) is 4.22. The zero-order valence-electron chi connectivity index (χ0n) is 11.2. The van der Waals surface area contributed by atoms with Gasteiger partial charge in [0.1, 0.15) is 0 Å². The maximum atomic E-state index is 9.32. The van der Waals surface area contributed by atoms with Crippen LogP contribution in [0.1, 0.15) is 33.4 Å². The first kappa shape index (κ1) is 13.3. The molecule has 0 radical (unpaired) electrons. The number of hydrogen-bond donors (Lipinski definition) is 2. The summed E-state index contributed by atoms with van der Waals surface area (Å²) in [5, 5.41) is 9.32. The fraction of sp³-hybridized carbons (Fsp3) is 0.583. The van der Waals surface area contributed by atoms with Crippen molar-refractivity contribution >= 4 is 18.3 Å². The molecule has 0 spiro atoms. The monoisotopic (exact) mass is 250 g/mol. The number of hydrogen-bond acceptors (Lipinski definition) is 5. The molecule has 0 atom stereocenters. The van der Waals surface area contributed by atoms with Crippen LogP contribution in [0.2, 0.25) is 0 Å². The van der Waals surface area contributed by atoms with Gasteiger partial charge in [-0.05, 0) is 33.8 Å². The third kappa shape index (κ3) is 2.11. The van der Waals surface area contributed by atoms with Crippen molar-refractivity contribution in [3.63, 3.8) is 0 Å². The van der Waals surface area contributed by atoms with E-state index in [1.807, 2.05) is 27.7 Å². The average molecular weight is 250 g/mol. The number of aromatic nitrogens is 1. The highest BCUT2D eigenvalue weighted by atomic mass is 16.7. The predicted molar refractivity (Wildman–Crippen MR) is 70.3 cm³/mol. The molecular formula is C12H19BN2O3. The van der Waals surface area contributed by atoms with Crippen molar-refractivity contribution in [2.45, 2.75) is 45.5 Å². The van der Waals surface area contributed by atoms with Crippen LogP contribution in [0, 0.1) is 0 Å². The van der Waals surface area contributed by atoms with Gasteiger partial charge in [-0.15, -0.1) is 0 Å².